The number of hydrogen-bond donors (Lipinski definition) is 1. The topological polar surface area (TPSA) is 38.3 Å². The summed E-state index contributed by atoms with van der Waals surface area (Å²) < 4.78 is 19.2. The van der Waals surface area contributed by atoms with Crippen LogP contribution in [-0.2, 0) is 17.8 Å². The summed E-state index contributed by atoms with van der Waals surface area (Å²) in [6.07, 6.45) is 0.194. The number of para-hydroxylation sites is 1. The van der Waals surface area contributed by atoms with Crippen molar-refractivity contribution in [3.63, 3.8) is 0 Å². The average molecular weight is 301 g/mol. The summed E-state index contributed by atoms with van der Waals surface area (Å²) in [4.78, 5) is 12.1. The quantitative estimate of drug-likeness (QED) is 0.887. The molecule has 0 fully saturated rings. The van der Waals surface area contributed by atoms with Crippen LogP contribution in [0.3, 0.4) is 0 Å². The lowest BCUT2D eigenvalue weighted by Gasteiger charge is -2.17. The van der Waals surface area contributed by atoms with Gasteiger partial charge in [0.25, 0.3) is 5.91 Å². The van der Waals surface area contributed by atoms with Crippen molar-refractivity contribution in [3.8, 4) is 5.75 Å². The molecule has 1 amide bonds. The first kappa shape index (κ1) is 16.0. The Hall–Kier alpha value is -2.36. The first-order valence-corrected chi connectivity index (χ1v) is 7.37. The first-order chi connectivity index (χ1) is 10.6. The molecule has 0 saturated heterocycles. The SMILES string of the molecule is CCc1ccccc1OC(C)C(=O)NCc1ccccc1F. The van der Waals surface area contributed by atoms with Crippen molar-refractivity contribution in [2.24, 2.45) is 0 Å². The Kier molecular flexibility index (Phi) is 5.53. The van der Waals surface area contributed by atoms with Crippen LogP contribution >= 0.6 is 0 Å². The molecule has 0 bridgehead atoms. The normalized spacial score (nSPS) is 11.8. The van der Waals surface area contributed by atoms with Gasteiger partial charge in [-0.2, -0.15) is 0 Å². The van der Waals surface area contributed by atoms with Crippen molar-refractivity contribution in [1.82, 2.24) is 5.32 Å². The highest BCUT2D eigenvalue weighted by Gasteiger charge is 2.16. The monoisotopic (exact) mass is 301 g/mol. The third-order valence-corrected chi connectivity index (χ3v) is 3.44. The van der Waals surface area contributed by atoms with Crippen molar-refractivity contribution < 1.29 is 13.9 Å². The van der Waals surface area contributed by atoms with Gasteiger partial charge in [-0.05, 0) is 31.0 Å². The molecule has 1 atom stereocenters. The van der Waals surface area contributed by atoms with Crippen LogP contribution in [0.4, 0.5) is 4.39 Å². The smallest absolute Gasteiger partial charge is 0.261 e. The fourth-order valence-electron chi connectivity index (χ4n) is 2.12. The van der Waals surface area contributed by atoms with Crippen LogP contribution in [0.2, 0.25) is 0 Å². The van der Waals surface area contributed by atoms with Gasteiger partial charge in [0.1, 0.15) is 11.6 Å². The lowest BCUT2D eigenvalue weighted by atomic mass is 10.1. The van der Waals surface area contributed by atoms with E-state index >= 15 is 0 Å². The molecule has 4 heteroatoms. The van der Waals surface area contributed by atoms with E-state index in [0.29, 0.717) is 11.3 Å². The molecule has 0 heterocycles. The Labute approximate surface area is 130 Å². The van der Waals surface area contributed by atoms with Crippen molar-refractivity contribution in [2.75, 3.05) is 0 Å². The molecule has 2 aromatic rings. The van der Waals surface area contributed by atoms with E-state index in [4.69, 9.17) is 4.74 Å². The molecular weight excluding hydrogens is 281 g/mol. The molecule has 0 aliphatic carbocycles. The highest BCUT2D eigenvalue weighted by atomic mass is 19.1. The third-order valence-electron chi connectivity index (χ3n) is 3.44. The standard InChI is InChI=1S/C18H20FNO2/c1-3-14-8-5-7-11-17(14)22-13(2)18(21)20-12-15-9-4-6-10-16(15)19/h4-11,13H,3,12H2,1-2H3,(H,20,21). The minimum absolute atomic E-state index is 0.147. The highest BCUT2D eigenvalue weighted by Crippen LogP contribution is 2.19. The van der Waals surface area contributed by atoms with E-state index in [1.165, 1.54) is 6.07 Å². The average Bonchev–Trinajstić information content (AvgIpc) is 2.54. The van der Waals surface area contributed by atoms with Gasteiger partial charge in [-0.15, -0.1) is 0 Å². The number of amides is 1. The summed E-state index contributed by atoms with van der Waals surface area (Å²) >= 11 is 0. The molecule has 0 saturated carbocycles. The number of carbonyl (C=O) groups excluding carboxylic acids is 1. The van der Waals surface area contributed by atoms with Gasteiger partial charge in [0.2, 0.25) is 0 Å². The predicted octanol–water partition coefficient (Wildman–Crippen LogP) is 3.47. The molecule has 0 aliphatic heterocycles. The minimum Gasteiger partial charge on any atom is -0.481 e. The molecular formula is C18H20FNO2. The van der Waals surface area contributed by atoms with Gasteiger partial charge in [0, 0.05) is 12.1 Å². The molecule has 0 radical (unpaired) electrons. The largest absolute Gasteiger partial charge is 0.481 e. The molecule has 22 heavy (non-hydrogen) atoms. The molecule has 2 rings (SSSR count). The molecule has 1 unspecified atom stereocenters. The van der Waals surface area contributed by atoms with E-state index in [1.807, 2.05) is 31.2 Å². The number of rotatable bonds is 6. The summed E-state index contributed by atoms with van der Waals surface area (Å²) in [5, 5.41) is 2.69. The Morgan fingerprint density at radius 3 is 2.45 bits per heavy atom. The lowest BCUT2D eigenvalue weighted by molar-refractivity contribution is -0.127. The van der Waals surface area contributed by atoms with E-state index in [-0.39, 0.29) is 18.3 Å². The van der Waals surface area contributed by atoms with E-state index < -0.39 is 6.10 Å². The second-order valence-corrected chi connectivity index (χ2v) is 5.03. The second kappa shape index (κ2) is 7.59. The number of benzene rings is 2. The molecule has 0 aliphatic rings. The van der Waals surface area contributed by atoms with Gasteiger partial charge in [-0.3, -0.25) is 4.79 Å². The van der Waals surface area contributed by atoms with Crippen LogP contribution in [0.15, 0.2) is 48.5 Å². The molecule has 0 spiro atoms. The van der Waals surface area contributed by atoms with Crippen LogP contribution in [-0.4, -0.2) is 12.0 Å². The van der Waals surface area contributed by atoms with E-state index in [0.717, 1.165) is 12.0 Å². The first-order valence-electron chi connectivity index (χ1n) is 7.37. The molecule has 116 valence electrons. The van der Waals surface area contributed by atoms with Gasteiger partial charge in [0.15, 0.2) is 6.10 Å². The molecule has 3 nitrogen and oxygen atoms in total. The van der Waals surface area contributed by atoms with Crippen molar-refractivity contribution in [1.29, 1.82) is 0 Å². The number of hydrogen-bond acceptors (Lipinski definition) is 2. The maximum atomic E-state index is 13.5. The molecule has 2 aromatic carbocycles. The number of ether oxygens (including phenoxy) is 1. The van der Waals surface area contributed by atoms with Gasteiger partial charge < -0.3 is 10.1 Å². The van der Waals surface area contributed by atoms with Crippen molar-refractivity contribution in [3.05, 3.63) is 65.5 Å². The summed E-state index contributed by atoms with van der Waals surface area (Å²) in [6, 6.07) is 14.0. The van der Waals surface area contributed by atoms with Crippen LogP contribution in [0.25, 0.3) is 0 Å². The van der Waals surface area contributed by atoms with Gasteiger partial charge in [-0.25, -0.2) is 4.39 Å². The molecule has 0 aromatic heterocycles. The number of nitrogens with one attached hydrogen (secondary N) is 1. The van der Waals surface area contributed by atoms with Gasteiger partial charge >= 0.3 is 0 Å². The Balaban J connectivity index is 1.94. The summed E-state index contributed by atoms with van der Waals surface area (Å²) in [7, 11) is 0. The van der Waals surface area contributed by atoms with Gasteiger partial charge in [-0.1, -0.05) is 43.3 Å². The fraction of sp³-hybridized carbons (Fsp3) is 0.278. The Morgan fingerprint density at radius 1 is 1.14 bits per heavy atom. The van der Waals surface area contributed by atoms with Crippen molar-refractivity contribution >= 4 is 5.91 Å². The summed E-state index contributed by atoms with van der Waals surface area (Å²) in [5.41, 5.74) is 1.51. The van der Waals surface area contributed by atoms with Crippen LogP contribution < -0.4 is 10.1 Å². The summed E-state index contributed by atoms with van der Waals surface area (Å²) in [6.45, 7) is 3.86. The zero-order chi connectivity index (χ0) is 15.9. The zero-order valence-electron chi connectivity index (χ0n) is 12.8. The molecule has 1 N–H and O–H groups in total. The maximum absolute atomic E-state index is 13.5. The number of carbonyl (C=O) groups is 1. The van der Waals surface area contributed by atoms with E-state index in [1.54, 1.807) is 25.1 Å². The number of aryl methyl sites for hydroxylation is 1. The lowest BCUT2D eigenvalue weighted by Crippen LogP contribution is -2.36. The third kappa shape index (κ3) is 4.07. The summed E-state index contributed by atoms with van der Waals surface area (Å²) in [5.74, 6) is 0.111. The Morgan fingerprint density at radius 2 is 1.77 bits per heavy atom. The van der Waals surface area contributed by atoms with E-state index in [2.05, 4.69) is 5.32 Å². The second-order valence-electron chi connectivity index (χ2n) is 5.03. The number of halogens is 1. The maximum Gasteiger partial charge on any atom is 0.261 e. The Bertz CT molecular complexity index is 642. The highest BCUT2D eigenvalue weighted by molar-refractivity contribution is 5.80. The van der Waals surface area contributed by atoms with Crippen LogP contribution in [0.5, 0.6) is 5.75 Å². The van der Waals surface area contributed by atoms with Crippen LogP contribution in [0, 0.1) is 5.82 Å². The van der Waals surface area contributed by atoms with Crippen LogP contribution in [0.1, 0.15) is 25.0 Å². The van der Waals surface area contributed by atoms with Crippen molar-refractivity contribution in [2.45, 2.75) is 32.9 Å². The predicted molar refractivity (Wildman–Crippen MR) is 84.2 cm³/mol. The zero-order valence-corrected chi connectivity index (χ0v) is 12.8. The fourth-order valence-corrected chi connectivity index (χ4v) is 2.12. The minimum atomic E-state index is -0.639. The van der Waals surface area contributed by atoms with Gasteiger partial charge in [0.05, 0.1) is 0 Å². The van der Waals surface area contributed by atoms with E-state index in [9.17, 15) is 9.18 Å².